The zero-order chi connectivity index (χ0) is 12.4. The maximum atomic E-state index is 13.1. The number of hydrogen-bond acceptors (Lipinski definition) is 0. The number of halogens is 4. The summed E-state index contributed by atoms with van der Waals surface area (Å²) in [6.07, 6.45) is 0. The molecule has 0 aliphatic rings. The highest BCUT2D eigenvalue weighted by Gasteiger charge is 2.12. The van der Waals surface area contributed by atoms with Crippen molar-refractivity contribution >= 4 is 38.5 Å². The summed E-state index contributed by atoms with van der Waals surface area (Å²) in [6.45, 7) is 0. The van der Waals surface area contributed by atoms with E-state index in [1.54, 1.807) is 6.07 Å². The summed E-state index contributed by atoms with van der Waals surface area (Å²) >= 11 is 5.71. The standard InChI is InChI=1S/C13H8BrF2I/c14-13(8-2-1-3-10(17)6-8)9-4-5-11(15)12(16)7-9/h1-7,13H. The summed E-state index contributed by atoms with van der Waals surface area (Å²) in [7, 11) is 0. The second-order valence-corrected chi connectivity index (χ2v) is 5.75. The van der Waals surface area contributed by atoms with Crippen LogP contribution >= 0.6 is 38.5 Å². The summed E-state index contributed by atoms with van der Waals surface area (Å²) < 4.78 is 27.1. The Morgan fingerprint density at radius 2 is 1.65 bits per heavy atom. The van der Waals surface area contributed by atoms with Crippen molar-refractivity contribution in [3.63, 3.8) is 0 Å². The van der Waals surface area contributed by atoms with E-state index in [0.29, 0.717) is 5.56 Å². The Morgan fingerprint density at radius 1 is 0.941 bits per heavy atom. The fourth-order valence-electron chi connectivity index (χ4n) is 1.53. The third-order valence-corrected chi connectivity index (χ3v) is 4.11. The maximum absolute atomic E-state index is 13.1. The van der Waals surface area contributed by atoms with E-state index >= 15 is 0 Å². The molecule has 0 aliphatic carbocycles. The fourth-order valence-corrected chi connectivity index (χ4v) is 2.66. The average molecular weight is 409 g/mol. The molecule has 0 aromatic heterocycles. The van der Waals surface area contributed by atoms with Gasteiger partial charge in [-0.3, -0.25) is 0 Å². The van der Waals surface area contributed by atoms with Gasteiger partial charge in [0.2, 0.25) is 0 Å². The molecule has 88 valence electrons. The van der Waals surface area contributed by atoms with Crippen LogP contribution in [-0.4, -0.2) is 0 Å². The molecule has 2 aromatic carbocycles. The Bertz CT molecular complexity index is 543. The Morgan fingerprint density at radius 3 is 2.29 bits per heavy atom. The van der Waals surface area contributed by atoms with Crippen LogP contribution in [0, 0.1) is 15.2 Å². The van der Waals surface area contributed by atoms with E-state index in [1.165, 1.54) is 6.07 Å². The van der Waals surface area contributed by atoms with Crippen molar-refractivity contribution in [1.29, 1.82) is 0 Å². The lowest BCUT2D eigenvalue weighted by Gasteiger charge is -2.11. The van der Waals surface area contributed by atoms with Gasteiger partial charge in [-0.2, -0.15) is 0 Å². The van der Waals surface area contributed by atoms with E-state index < -0.39 is 11.6 Å². The van der Waals surface area contributed by atoms with Crippen molar-refractivity contribution in [2.24, 2.45) is 0 Å². The summed E-state index contributed by atoms with van der Waals surface area (Å²) in [5.74, 6) is -1.64. The van der Waals surface area contributed by atoms with Crippen LogP contribution in [0.25, 0.3) is 0 Å². The van der Waals surface area contributed by atoms with Crippen LogP contribution in [0.3, 0.4) is 0 Å². The number of hydrogen-bond donors (Lipinski definition) is 0. The first-order valence-electron chi connectivity index (χ1n) is 4.92. The second-order valence-electron chi connectivity index (χ2n) is 3.59. The van der Waals surface area contributed by atoms with Gasteiger partial charge < -0.3 is 0 Å². The molecule has 2 aromatic rings. The minimum Gasteiger partial charge on any atom is -0.204 e. The largest absolute Gasteiger partial charge is 0.204 e. The Kier molecular flexibility index (Phi) is 4.14. The van der Waals surface area contributed by atoms with Crippen molar-refractivity contribution in [3.8, 4) is 0 Å². The molecule has 2 rings (SSSR count). The molecule has 1 unspecified atom stereocenters. The number of benzene rings is 2. The van der Waals surface area contributed by atoms with E-state index in [9.17, 15) is 8.78 Å². The van der Waals surface area contributed by atoms with Crippen LogP contribution in [0.1, 0.15) is 16.0 Å². The summed E-state index contributed by atoms with van der Waals surface area (Å²) in [4.78, 5) is -0.132. The highest BCUT2D eigenvalue weighted by molar-refractivity contribution is 14.1. The van der Waals surface area contributed by atoms with Crippen molar-refractivity contribution in [1.82, 2.24) is 0 Å². The molecule has 0 radical (unpaired) electrons. The topological polar surface area (TPSA) is 0 Å². The van der Waals surface area contributed by atoms with Crippen LogP contribution in [0.2, 0.25) is 0 Å². The summed E-state index contributed by atoms with van der Waals surface area (Å²) in [6, 6.07) is 11.8. The van der Waals surface area contributed by atoms with Gasteiger partial charge in [0, 0.05) is 3.57 Å². The molecule has 0 saturated carbocycles. The lowest BCUT2D eigenvalue weighted by atomic mass is 10.0. The lowest BCUT2D eigenvalue weighted by molar-refractivity contribution is 0.507. The Labute approximate surface area is 120 Å². The van der Waals surface area contributed by atoms with Gasteiger partial charge in [0.25, 0.3) is 0 Å². The highest BCUT2D eigenvalue weighted by Crippen LogP contribution is 2.32. The van der Waals surface area contributed by atoms with Gasteiger partial charge in [0.05, 0.1) is 4.83 Å². The summed E-state index contributed by atoms with van der Waals surface area (Å²) in [5, 5.41) is 0. The third kappa shape index (κ3) is 3.04. The van der Waals surface area contributed by atoms with Crippen LogP contribution < -0.4 is 0 Å². The average Bonchev–Trinajstić information content (AvgIpc) is 2.32. The van der Waals surface area contributed by atoms with E-state index in [2.05, 4.69) is 38.5 Å². The predicted molar refractivity (Wildman–Crippen MR) is 76.3 cm³/mol. The van der Waals surface area contributed by atoms with Crippen LogP contribution in [-0.2, 0) is 0 Å². The van der Waals surface area contributed by atoms with E-state index in [4.69, 9.17) is 0 Å². The third-order valence-electron chi connectivity index (χ3n) is 2.38. The molecule has 17 heavy (non-hydrogen) atoms. The molecule has 0 N–H and O–H groups in total. The first-order valence-corrected chi connectivity index (χ1v) is 6.92. The molecular formula is C13H8BrF2I. The first-order chi connectivity index (χ1) is 8.08. The molecule has 1 atom stereocenters. The van der Waals surface area contributed by atoms with Crippen LogP contribution in [0.5, 0.6) is 0 Å². The van der Waals surface area contributed by atoms with E-state index in [0.717, 1.165) is 15.2 Å². The molecule has 0 saturated heterocycles. The minimum atomic E-state index is -0.823. The smallest absolute Gasteiger partial charge is 0.159 e. The van der Waals surface area contributed by atoms with Gasteiger partial charge in [-0.25, -0.2) is 8.78 Å². The van der Waals surface area contributed by atoms with Crippen molar-refractivity contribution in [3.05, 3.63) is 68.8 Å². The first kappa shape index (κ1) is 13.0. The molecule has 0 fully saturated rings. The van der Waals surface area contributed by atoms with E-state index in [-0.39, 0.29) is 4.83 Å². The van der Waals surface area contributed by atoms with Crippen LogP contribution in [0.4, 0.5) is 8.78 Å². The molecule has 0 aliphatic heterocycles. The molecule has 0 nitrogen and oxygen atoms in total. The molecule has 4 heteroatoms. The van der Waals surface area contributed by atoms with Gasteiger partial charge in [0.15, 0.2) is 11.6 Å². The van der Waals surface area contributed by atoms with Crippen molar-refractivity contribution in [2.75, 3.05) is 0 Å². The predicted octanol–water partition coefficient (Wildman–Crippen LogP) is 5.05. The minimum absolute atomic E-state index is 0.132. The maximum Gasteiger partial charge on any atom is 0.159 e. The monoisotopic (exact) mass is 408 g/mol. The van der Waals surface area contributed by atoms with Crippen LogP contribution in [0.15, 0.2) is 42.5 Å². The number of rotatable bonds is 2. The van der Waals surface area contributed by atoms with Gasteiger partial charge >= 0.3 is 0 Å². The van der Waals surface area contributed by atoms with Gasteiger partial charge in [-0.05, 0) is 58.0 Å². The lowest BCUT2D eigenvalue weighted by Crippen LogP contribution is -1.95. The molecule has 0 heterocycles. The SMILES string of the molecule is Fc1ccc(C(Br)c2cccc(I)c2)cc1F. The second kappa shape index (κ2) is 5.44. The Hall–Kier alpha value is -0.490. The van der Waals surface area contributed by atoms with Gasteiger partial charge in [-0.15, -0.1) is 0 Å². The fraction of sp³-hybridized carbons (Fsp3) is 0.0769. The molecule has 0 spiro atoms. The van der Waals surface area contributed by atoms with Gasteiger partial charge in [0.1, 0.15) is 0 Å². The normalized spacial score (nSPS) is 12.5. The molecule has 0 bridgehead atoms. The molecular weight excluding hydrogens is 401 g/mol. The van der Waals surface area contributed by atoms with Gasteiger partial charge in [-0.1, -0.05) is 34.1 Å². The highest BCUT2D eigenvalue weighted by atomic mass is 127. The summed E-state index contributed by atoms with van der Waals surface area (Å²) in [5.41, 5.74) is 1.72. The van der Waals surface area contributed by atoms with Crippen molar-refractivity contribution < 1.29 is 8.78 Å². The zero-order valence-corrected chi connectivity index (χ0v) is 12.4. The number of alkyl halides is 1. The Balaban J connectivity index is 2.36. The zero-order valence-electron chi connectivity index (χ0n) is 8.63. The quantitative estimate of drug-likeness (QED) is 0.481. The van der Waals surface area contributed by atoms with E-state index in [1.807, 2.05) is 24.3 Å². The molecule has 0 amide bonds. The van der Waals surface area contributed by atoms with Crippen molar-refractivity contribution in [2.45, 2.75) is 4.83 Å².